The summed E-state index contributed by atoms with van der Waals surface area (Å²) < 4.78 is 10.6. The van der Waals surface area contributed by atoms with Gasteiger partial charge in [0.2, 0.25) is 0 Å². The van der Waals surface area contributed by atoms with Crippen molar-refractivity contribution < 1.29 is 9.15 Å². The van der Waals surface area contributed by atoms with E-state index >= 15 is 0 Å². The van der Waals surface area contributed by atoms with Crippen molar-refractivity contribution in [2.45, 2.75) is 6.92 Å². The molecule has 2 aromatic carbocycles. The SMILES string of the molecule is COc1cccc2oc(=O)cc(-c3ccc(C)cc3)c12. The van der Waals surface area contributed by atoms with Crippen LogP contribution in [0.4, 0.5) is 0 Å². The van der Waals surface area contributed by atoms with Gasteiger partial charge >= 0.3 is 5.63 Å². The average Bonchev–Trinajstić information content (AvgIpc) is 2.46. The first-order chi connectivity index (χ1) is 9.69. The Labute approximate surface area is 116 Å². The first-order valence-corrected chi connectivity index (χ1v) is 6.37. The molecule has 0 aliphatic rings. The third kappa shape index (κ3) is 2.07. The molecular formula is C17H14O3. The molecule has 20 heavy (non-hydrogen) atoms. The molecule has 0 bridgehead atoms. The standard InChI is InChI=1S/C17H14O3/c1-11-6-8-12(9-7-11)13-10-16(18)20-15-5-3-4-14(19-2)17(13)15/h3-10H,1-2H3. The summed E-state index contributed by atoms with van der Waals surface area (Å²) in [5, 5.41) is 0.818. The number of rotatable bonds is 2. The highest BCUT2D eigenvalue weighted by Gasteiger charge is 2.12. The monoisotopic (exact) mass is 266 g/mol. The highest BCUT2D eigenvalue weighted by atomic mass is 16.5. The first kappa shape index (κ1) is 12.5. The molecule has 0 saturated heterocycles. The van der Waals surface area contributed by atoms with Gasteiger partial charge in [0.25, 0.3) is 0 Å². The van der Waals surface area contributed by atoms with Crippen LogP contribution in [0.2, 0.25) is 0 Å². The molecule has 0 amide bonds. The molecule has 100 valence electrons. The van der Waals surface area contributed by atoms with Gasteiger partial charge in [-0.05, 0) is 24.6 Å². The second-order valence-electron chi connectivity index (χ2n) is 4.68. The van der Waals surface area contributed by atoms with Crippen LogP contribution in [0.3, 0.4) is 0 Å². The number of ether oxygens (including phenoxy) is 1. The molecule has 3 rings (SSSR count). The number of hydrogen-bond donors (Lipinski definition) is 0. The Hall–Kier alpha value is -2.55. The van der Waals surface area contributed by atoms with E-state index in [4.69, 9.17) is 9.15 Å². The third-order valence-corrected chi connectivity index (χ3v) is 3.31. The molecule has 1 heterocycles. The molecule has 0 fully saturated rings. The summed E-state index contributed by atoms with van der Waals surface area (Å²) in [6.07, 6.45) is 0. The molecule has 3 nitrogen and oxygen atoms in total. The second kappa shape index (κ2) is 4.85. The van der Waals surface area contributed by atoms with Crippen LogP contribution >= 0.6 is 0 Å². The normalized spacial score (nSPS) is 10.7. The van der Waals surface area contributed by atoms with E-state index in [1.165, 1.54) is 11.6 Å². The first-order valence-electron chi connectivity index (χ1n) is 6.37. The Kier molecular flexibility index (Phi) is 3.03. The van der Waals surface area contributed by atoms with Crippen LogP contribution in [0.5, 0.6) is 5.75 Å². The Bertz CT molecular complexity index is 814. The zero-order valence-electron chi connectivity index (χ0n) is 11.3. The van der Waals surface area contributed by atoms with E-state index in [2.05, 4.69) is 0 Å². The lowest BCUT2D eigenvalue weighted by atomic mass is 10.0. The molecule has 0 aliphatic heterocycles. The summed E-state index contributed by atoms with van der Waals surface area (Å²) in [5.74, 6) is 0.696. The lowest BCUT2D eigenvalue weighted by Crippen LogP contribution is -1.99. The summed E-state index contributed by atoms with van der Waals surface area (Å²) in [6, 6.07) is 15.0. The Morgan fingerprint density at radius 2 is 1.80 bits per heavy atom. The predicted molar refractivity (Wildman–Crippen MR) is 79.2 cm³/mol. The van der Waals surface area contributed by atoms with E-state index in [0.717, 1.165) is 16.5 Å². The van der Waals surface area contributed by atoms with Crippen molar-refractivity contribution in [3.05, 3.63) is 64.5 Å². The smallest absolute Gasteiger partial charge is 0.336 e. The minimum absolute atomic E-state index is 0.360. The van der Waals surface area contributed by atoms with E-state index in [1.54, 1.807) is 13.2 Å². The summed E-state index contributed by atoms with van der Waals surface area (Å²) in [5.41, 5.74) is 3.15. The number of methoxy groups -OCH3 is 1. The van der Waals surface area contributed by atoms with Gasteiger partial charge in [-0.25, -0.2) is 4.79 Å². The molecule has 0 unspecified atom stereocenters. The minimum Gasteiger partial charge on any atom is -0.496 e. The summed E-state index contributed by atoms with van der Waals surface area (Å²) in [7, 11) is 1.61. The van der Waals surface area contributed by atoms with Crippen molar-refractivity contribution in [3.8, 4) is 16.9 Å². The average molecular weight is 266 g/mol. The predicted octanol–water partition coefficient (Wildman–Crippen LogP) is 3.78. The van der Waals surface area contributed by atoms with Gasteiger partial charge in [-0.3, -0.25) is 0 Å². The Balaban J connectivity index is 2.39. The lowest BCUT2D eigenvalue weighted by molar-refractivity contribution is 0.419. The maximum absolute atomic E-state index is 11.7. The van der Waals surface area contributed by atoms with Crippen LogP contribution in [0, 0.1) is 6.92 Å². The summed E-state index contributed by atoms with van der Waals surface area (Å²) in [4.78, 5) is 11.7. The quantitative estimate of drug-likeness (QED) is 0.663. The van der Waals surface area contributed by atoms with Crippen LogP contribution in [0.25, 0.3) is 22.1 Å². The molecular weight excluding hydrogens is 252 g/mol. The van der Waals surface area contributed by atoms with Crippen molar-refractivity contribution in [2.24, 2.45) is 0 Å². The molecule has 0 spiro atoms. The number of aryl methyl sites for hydroxylation is 1. The third-order valence-electron chi connectivity index (χ3n) is 3.31. The topological polar surface area (TPSA) is 39.4 Å². The van der Waals surface area contributed by atoms with Crippen LogP contribution in [0.15, 0.2) is 57.7 Å². The zero-order chi connectivity index (χ0) is 14.1. The van der Waals surface area contributed by atoms with Crippen molar-refractivity contribution in [3.63, 3.8) is 0 Å². The van der Waals surface area contributed by atoms with Gasteiger partial charge in [0.15, 0.2) is 0 Å². The minimum atomic E-state index is -0.360. The highest BCUT2D eigenvalue weighted by molar-refractivity contribution is 5.97. The number of hydrogen-bond acceptors (Lipinski definition) is 3. The van der Waals surface area contributed by atoms with Gasteiger partial charge in [-0.2, -0.15) is 0 Å². The number of fused-ring (bicyclic) bond motifs is 1. The van der Waals surface area contributed by atoms with Crippen LogP contribution < -0.4 is 10.4 Å². The Morgan fingerprint density at radius 3 is 2.50 bits per heavy atom. The van der Waals surface area contributed by atoms with E-state index in [1.807, 2.05) is 43.3 Å². The molecule has 3 heteroatoms. The highest BCUT2D eigenvalue weighted by Crippen LogP contribution is 2.34. The maximum atomic E-state index is 11.7. The van der Waals surface area contributed by atoms with Crippen molar-refractivity contribution in [1.29, 1.82) is 0 Å². The van der Waals surface area contributed by atoms with Gasteiger partial charge in [-0.1, -0.05) is 35.9 Å². The molecule has 1 aromatic heterocycles. The molecule has 0 radical (unpaired) electrons. The van der Waals surface area contributed by atoms with E-state index in [-0.39, 0.29) is 5.63 Å². The van der Waals surface area contributed by atoms with Gasteiger partial charge in [-0.15, -0.1) is 0 Å². The fourth-order valence-electron chi connectivity index (χ4n) is 2.32. The lowest BCUT2D eigenvalue weighted by Gasteiger charge is -2.09. The van der Waals surface area contributed by atoms with Gasteiger partial charge in [0.05, 0.1) is 12.5 Å². The van der Waals surface area contributed by atoms with Crippen LogP contribution in [-0.2, 0) is 0 Å². The molecule has 3 aromatic rings. The van der Waals surface area contributed by atoms with Gasteiger partial charge in [0.1, 0.15) is 11.3 Å². The molecule has 0 N–H and O–H groups in total. The maximum Gasteiger partial charge on any atom is 0.336 e. The van der Waals surface area contributed by atoms with Crippen molar-refractivity contribution in [1.82, 2.24) is 0 Å². The summed E-state index contributed by atoms with van der Waals surface area (Å²) >= 11 is 0. The molecule has 0 aliphatic carbocycles. The largest absolute Gasteiger partial charge is 0.496 e. The summed E-state index contributed by atoms with van der Waals surface area (Å²) in [6.45, 7) is 2.03. The van der Waals surface area contributed by atoms with Crippen molar-refractivity contribution in [2.75, 3.05) is 7.11 Å². The van der Waals surface area contributed by atoms with Crippen LogP contribution in [0.1, 0.15) is 5.56 Å². The molecule has 0 atom stereocenters. The van der Waals surface area contributed by atoms with Gasteiger partial charge in [0, 0.05) is 11.6 Å². The van der Waals surface area contributed by atoms with E-state index < -0.39 is 0 Å². The zero-order valence-corrected chi connectivity index (χ0v) is 11.3. The van der Waals surface area contributed by atoms with Gasteiger partial charge < -0.3 is 9.15 Å². The fourth-order valence-corrected chi connectivity index (χ4v) is 2.32. The molecule has 0 saturated carbocycles. The number of benzene rings is 2. The van der Waals surface area contributed by atoms with Crippen molar-refractivity contribution >= 4 is 11.0 Å². The van der Waals surface area contributed by atoms with E-state index in [0.29, 0.717) is 11.3 Å². The van der Waals surface area contributed by atoms with E-state index in [9.17, 15) is 4.79 Å². The second-order valence-corrected chi connectivity index (χ2v) is 4.68. The van der Waals surface area contributed by atoms with Crippen LogP contribution in [-0.4, -0.2) is 7.11 Å². The fraction of sp³-hybridized carbons (Fsp3) is 0.118. The Morgan fingerprint density at radius 1 is 1.05 bits per heavy atom.